The molecule has 2 N–H and O–H groups in total. The van der Waals surface area contributed by atoms with E-state index < -0.39 is 0 Å². The van der Waals surface area contributed by atoms with Crippen molar-refractivity contribution in [1.82, 2.24) is 0 Å². The number of aliphatic hydroxyl groups is 1. The first-order valence-corrected chi connectivity index (χ1v) is 4.71. The number of benzene rings is 1. The number of phenols is 1. The summed E-state index contributed by atoms with van der Waals surface area (Å²) < 4.78 is 0. The van der Waals surface area contributed by atoms with Crippen molar-refractivity contribution in [1.29, 1.82) is 0 Å². The van der Waals surface area contributed by atoms with E-state index >= 15 is 0 Å². The maximum absolute atomic E-state index is 9.38. The van der Waals surface area contributed by atoms with Crippen LogP contribution in [0.4, 0.5) is 0 Å². The van der Waals surface area contributed by atoms with Gasteiger partial charge < -0.3 is 10.2 Å². The molecule has 0 spiro atoms. The van der Waals surface area contributed by atoms with Crippen LogP contribution >= 0.6 is 0 Å². The third-order valence-corrected chi connectivity index (χ3v) is 2.79. The van der Waals surface area contributed by atoms with E-state index in [9.17, 15) is 10.2 Å². The highest BCUT2D eigenvalue weighted by Gasteiger charge is 2.28. The fraction of sp³-hybridized carbons (Fsp3) is 0.455. The van der Waals surface area contributed by atoms with Gasteiger partial charge in [0.2, 0.25) is 0 Å². The van der Waals surface area contributed by atoms with Gasteiger partial charge in [-0.3, -0.25) is 0 Å². The summed E-state index contributed by atoms with van der Waals surface area (Å²) >= 11 is 0. The Kier molecular flexibility index (Phi) is 2.23. The third-order valence-electron chi connectivity index (χ3n) is 2.79. The van der Waals surface area contributed by atoms with Crippen molar-refractivity contribution in [3.63, 3.8) is 0 Å². The summed E-state index contributed by atoms with van der Waals surface area (Å²) in [6, 6.07) is 7.27. The Bertz CT molecular complexity index is 296. The summed E-state index contributed by atoms with van der Waals surface area (Å²) in [4.78, 5) is 0. The van der Waals surface area contributed by atoms with Crippen molar-refractivity contribution in [3.05, 3.63) is 29.8 Å². The predicted octanol–water partition coefficient (Wildman–Crippen LogP) is 1.71. The van der Waals surface area contributed by atoms with E-state index in [-0.39, 0.29) is 6.10 Å². The maximum Gasteiger partial charge on any atom is 0.115 e. The highest BCUT2D eigenvalue weighted by Crippen LogP contribution is 2.30. The van der Waals surface area contributed by atoms with Crippen molar-refractivity contribution in [2.75, 3.05) is 0 Å². The smallest absolute Gasteiger partial charge is 0.115 e. The van der Waals surface area contributed by atoms with Crippen molar-refractivity contribution in [2.45, 2.75) is 25.4 Å². The van der Waals surface area contributed by atoms with Crippen LogP contribution in [0.15, 0.2) is 24.3 Å². The molecule has 2 rings (SSSR count). The third kappa shape index (κ3) is 1.83. The summed E-state index contributed by atoms with van der Waals surface area (Å²) in [5.41, 5.74) is 1.11. The number of aromatic hydroxyl groups is 1. The molecule has 1 aromatic rings. The number of hydrogen-bond donors (Lipinski definition) is 2. The molecule has 0 saturated heterocycles. The molecule has 0 heterocycles. The first-order chi connectivity index (χ1) is 6.25. The maximum atomic E-state index is 9.38. The molecule has 2 nitrogen and oxygen atoms in total. The van der Waals surface area contributed by atoms with Crippen molar-refractivity contribution < 1.29 is 10.2 Å². The van der Waals surface area contributed by atoms with Crippen molar-refractivity contribution in [3.8, 4) is 5.75 Å². The summed E-state index contributed by atoms with van der Waals surface area (Å²) in [7, 11) is 0. The Hall–Kier alpha value is -1.02. The number of aliphatic hydroxyl groups excluding tert-OH is 1. The number of hydrogen-bond acceptors (Lipinski definition) is 2. The predicted molar refractivity (Wildman–Crippen MR) is 50.5 cm³/mol. The summed E-state index contributed by atoms with van der Waals surface area (Å²) in [6.45, 7) is 0. The normalized spacial score (nSPS) is 26.8. The van der Waals surface area contributed by atoms with Gasteiger partial charge in [0.05, 0.1) is 6.10 Å². The van der Waals surface area contributed by atoms with Gasteiger partial charge in [0.25, 0.3) is 0 Å². The number of rotatable bonds is 2. The molecule has 0 aromatic heterocycles. The Morgan fingerprint density at radius 2 is 2.15 bits per heavy atom. The van der Waals surface area contributed by atoms with Crippen LogP contribution in [0.1, 0.15) is 18.4 Å². The lowest BCUT2D eigenvalue weighted by Crippen LogP contribution is -2.32. The summed E-state index contributed by atoms with van der Waals surface area (Å²) in [5, 5.41) is 18.6. The number of phenolic OH excluding ortho intramolecular Hbond substituents is 1. The van der Waals surface area contributed by atoms with E-state index in [0.717, 1.165) is 24.8 Å². The van der Waals surface area contributed by atoms with Gasteiger partial charge in [-0.05, 0) is 42.9 Å². The minimum atomic E-state index is -0.123. The lowest BCUT2D eigenvalue weighted by Gasteiger charge is -2.32. The van der Waals surface area contributed by atoms with Crippen LogP contribution in [0.25, 0.3) is 0 Å². The van der Waals surface area contributed by atoms with Crippen LogP contribution in [-0.4, -0.2) is 16.3 Å². The van der Waals surface area contributed by atoms with E-state index in [1.54, 1.807) is 12.1 Å². The van der Waals surface area contributed by atoms with E-state index in [1.165, 1.54) is 0 Å². The molecule has 1 aromatic carbocycles. The molecule has 2 atom stereocenters. The molecule has 1 saturated carbocycles. The van der Waals surface area contributed by atoms with Crippen LogP contribution in [0.2, 0.25) is 0 Å². The molecule has 0 bridgehead atoms. The van der Waals surface area contributed by atoms with Crippen LogP contribution < -0.4 is 0 Å². The van der Waals surface area contributed by atoms with Gasteiger partial charge in [-0.2, -0.15) is 0 Å². The van der Waals surface area contributed by atoms with Crippen LogP contribution in [0.5, 0.6) is 5.75 Å². The molecule has 0 radical (unpaired) electrons. The second-order valence-electron chi connectivity index (χ2n) is 3.78. The zero-order chi connectivity index (χ0) is 9.26. The average Bonchev–Trinajstić information content (AvgIpc) is 2.12. The molecule has 70 valence electrons. The molecule has 2 heteroatoms. The molecule has 1 aliphatic rings. The first kappa shape index (κ1) is 8.57. The van der Waals surface area contributed by atoms with E-state index in [1.807, 2.05) is 12.1 Å². The Morgan fingerprint density at radius 1 is 1.31 bits per heavy atom. The standard InChI is InChI=1S/C11H14O2/c12-10-3-1-2-8(7-10)6-9-4-5-11(9)13/h1-3,7,9,11-13H,4-6H2. The first-order valence-electron chi connectivity index (χ1n) is 4.71. The van der Waals surface area contributed by atoms with Gasteiger partial charge in [0.15, 0.2) is 0 Å². The van der Waals surface area contributed by atoms with Gasteiger partial charge >= 0.3 is 0 Å². The molecule has 2 unspecified atom stereocenters. The average molecular weight is 178 g/mol. The molecule has 1 aliphatic carbocycles. The summed E-state index contributed by atoms with van der Waals surface area (Å²) in [5.74, 6) is 0.716. The molecule has 13 heavy (non-hydrogen) atoms. The fourth-order valence-electron chi connectivity index (χ4n) is 1.78. The molecule has 0 aliphatic heterocycles. The molecular formula is C11H14O2. The zero-order valence-electron chi connectivity index (χ0n) is 7.48. The molecule has 0 amide bonds. The lowest BCUT2D eigenvalue weighted by atomic mass is 9.78. The van der Waals surface area contributed by atoms with Crippen LogP contribution in [0.3, 0.4) is 0 Å². The van der Waals surface area contributed by atoms with Crippen LogP contribution in [0, 0.1) is 5.92 Å². The topological polar surface area (TPSA) is 40.5 Å². The van der Waals surface area contributed by atoms with Crippen molar-refractivity contribution in [2.24, 2.45) is 5.92 Å². The SMILES string of the molecule is Oc1cccc(CC2CCC2O)c1. The Morgan fingerprint density at radius 3 is 2.69 bits per heavy atom. The minimum absolute atomic E-state index is 0.123. The fourth-order valence-corrected chi connectivity index (χ4v) is 1.78. The second kappa shape index (κ2) is 3.38. The Balaban J connectivity index is 2.01. The zero-order valence-corrected chi connectivity index (χ0v) is 7.48. The molecule has 1 fully saturated rings. The van der Waals surface area contributed by atoms with Gasteiger partial charge in [-0.25, -0.2) is 0 Å². The largest absolute Gasteiger partial charge is 0.508 e. The molecular weight excluding hydrogens is 164 g/mol. The van der Waals surface area contributed by atoms with Crippen molar-refractivity contribution >= 4 is 0 Å². The van der Waals surface area contributed by atoms with Gasteiger partial charge in [-0.1, -0.05) is 12.1 Å². The lowest BCUT2D eigenvalue weighted by molar-refractivity contribution is 0.0244. The summed E-state index contributed by atoms with van der Waals surface area (Å²) in [6.07, 6.45) is 2.80. The van der Waals surface area contributed by atoms with E-state index in [4.69, 9.17) is 0 Å². The highest BCUT2D eigenvalue weighted by molar-refractivity contribution is 5.27. The Labute approximate surface area is 77.8 Å². The minimum Gasteiger partial charge on any atom is -0.508 e. The monoisotopic (exact) mass is 178 g/mol. The van der Waals surface area contributed by atoms with E-state index in [0.29, 0.717) is 11.7 Å². The van der Waals surface area contributed by atoms with Crippen LogP contribution in [-0.2, 0) is 6.42 Å². The second-order valence-corrected chi connectivity index (χ2v) is 3.78. The van der Waals surface area contributed by atoms with Gasteiger partial charge in [-0.15, -0.1) is 0 Å². The van der Waals surface area contributed by atoms with Gasteiger partial charge in [0.1, 0.15) is 5.75 Å². The quantitative estimate of drug-likeness (QED) is 0.723. The highest BCUT2D eigenvalue weighted by atomic mass is 16.3. The van der Waals surface area contributed by atoms with E-state index in [2.05, 4.69) is 0 Å². The van der Waals surface area contributed by atoms with Gasteiger partial charge in [0, 0.05) is 0 Å².